The molecule has 0 amide bonds. The molecule has 1 saturated heterocycles. The second-order valence-corrected chi connectivity index (χ2v) is 4.18. The van der Waals surface area contributed by atoms with Crippen LogP contribution in [0.3, 0.4) is 0 Å². The lowest BCUT2D eigenvalue weighted by atomic mass is 10.2. The Balaban J connectivity index is 1.84. The Morgan fingerprint density at radius 1 is 1.39 bits per heavy atom. The molecule has 0 atom stereocenters. The maximum absolute atomic E-state index is 12.9. The number of nitrogens with one attached hydrogen (secondary N) is 1. The quantitative estimate of drug-likeness (QED) is 0.877. The molecule has 0 radical (unpaired) electrons. The number of anilines is 1. The molecule has 1 fully saturated rings. The van der Waals surface area contributed by atoms with Gasteiger partial charge in [0.05, 0.1) is 24.5 Å². The van der Waals surface area contributed by atoms with Crippen molar-refractivity contribution in [2.45, 2.75) is 0 Å². The lowest BCUT2D eigenvalue weighted by Crippen LogP contribution is -2.39. The van der Waals surface area contributed by atoms with E-state index >= 15 is 0 Å². The van der Waals surface area contributed by atoms with Crippen LogP contribution < -0.4 is 5.32 Å². The summed E-state index contributed by atoms with van der Waals surface area (Å²) >= 11 is 0. The molecule has 1 heterocycles. The fourth-order valence-electron chi connectivity index (χ4n) is 1.94. The first-order valence-corrected chi connectivity index (χ1v) is 6.03. The van der Waals surface area contributed by atoms with Crippen LogP contribution in [0.2, 0.25) is 0 Å². The molecule has 0 aromatic heterocycles. The van der Waals surface area contributed by atoms with Gasteiger partial charge in [0, 0.05) is 26.2 Å². The van der Waals surface area contributed by atoms with Gasteiger partial charge in [0.2, 0.25) is 0 Å². The fraction of sp³-hybridized carbons (Fsp3) is 0.462. The largest absolute Gasteiger partial charge is 0.383 e. The standard InChI is InChI=1S/C13H16FN3O/c14-12-1-2-13(11(9-12)10-15)16-3-4-17-5-7-18-8-6-17/h1-2,9,16H,3-8H2. The minimum Gasteiger partial charge on any atom is -0.383 e. The van der Waals surface area contributed by atoms with Gasteiger partial charge in [0.25, 0.3) is 0 Å². The molecule has 1 aliphatic heterocycles. The van der Waals surface area contributed by atoms with E-state index in [-0.39, 0.29) is 5.82 Å². The van der Waals surface area contributed by atoms with Crippen LogP contribution in [0, 0.1) is 17.1 Å². The predicted molar refractivity (Wildman–Crippen MR) is 66.9 cm³/mol. The Morgan fingerprint density at radius 3 is 2.89 bits per heavy atom. The number of nitriles is 1. The van der Waals surface area contributed by atoms with Crippen molar-refractivity contribution in [1.29, 1.82) is 5.26 Å². The summed E-state index contributed by atoms with van der Waals surface area (Å²) in [5.74, 6) is -0.384. The number of nitrogens with zero attached hydrogens (tertiary/aromatic N) is 2. The summed E-state index contributed by atoms with van der Waals surface area (Å²) in [6.07, 6.45) is 0. The van der Waals surface area contributed by atoms with Gasteiger partial charge in [0.1, 0.15) is 11.9 Å². The predicted octanol–water partition coefficient (Wildman–Crippen LogP) is 1.44. The average Bonchev–Trinajstić information content (AvgIpc) is 2.41. The van der Waals surface area contributed by atoms with Gasteiger partial charge in [-0.1, -0.05) is 0 Å². The highest BCUT2D eigenvalue weighted by Crippen LogP contribution is 2.15. The van der Waals surface area contributed by atoms with Crippen molar-refractivity contribution in [3.8, 4) is 6.07 Å². The Bertz CT molecular complexity index is 438. The van der Waals surface area contributed by atoms with Crippen molar-refractivity contribution in [2.75, 3.05) is 44.7 Å². The molecule has 0 bridgehead atoms. The monoisotopic (exact) mass is 249 g/mol. The van der Waals surface area contributed by atoms with Crippen LogP contribution in [-0.2, 0) is 4.74 Å². The van der Waals surface area contributed by atoms with Crippen molar-refractivity contribution in [3.05, 3.63) is 29.6 Å². The van der Waals surface area contributed by atoms with Crippen LogP contribution in [-0.4, -0.2) is 44.3 Å². The molecular formula is C13H16FN3O. The number of hydrogen-bond donors (Lipinski definition) is 1. The second-order valence-electron chi connectivity index (χ2n) is 4.18. The van der Waals surface area contributed by atoms with Crippen molar-refractivity contribution >= 4 is 5.69 Å². The first-order valence-electron chi connectivity index (χ1n) is 6.03. The maximum atomic E-state index is 12.9. The lowest BCUT2D eigenvalue weighted by Gasteiger charge is -2.26. The van der Waals surface area contributed by atoms with Gasteiger partial charge in [-0.3, -0.25) is 4.90 Å². The summed E-state index contributed by atoms with van der Waals surface area (Å²) in [6.45, 7) is 5.07. The molecule has 18 heavy (non-hydrogen) atoms. The van der Waals surface area contributed by atoms with E-state index in [4.69, 9.17) is 10.00 Å². The van der Waals surface area contributed by atoms with E-state index in [0.29, 0.717) is 11.3 Å². The van der Waals surface area contributed by atoms with E-state index in [1.54, 1.807) is 6.07 Å². The molecule has 5 heteroatoms. The highest BCUT2D eigenvalue weighted by atomic mass is 19.1. The number of benzene rings is 1. The van der Waals surface area contributed by atoms with Gasteiger partial charge in [-0.25, -0.2) is 4.39 Å². The smallest absolute Gasteiger partial charge is 0.124 e. The molecule has 1 N–H and O–H groups in total. The summed E-state index contributed by atoms with van der Waals surface area (Å²) in [4.78, 5) is 2.30. The molecule has 0 spiro atoms. The molecular weight excluding hydrogens is 233 g/mol. The number of rotatable bonds is 4. The van der Waals surface area contributed by atoms with Crippen molar-refractivity contribution < 1.29 is 9.13 Å². The van der Waals surface area contributed by atoms with E-state index in [1.165, 1.54) is 12.1 Å². The summed E-state index contributed by atoms with van der Waals surface area (Å²) in [5.41, 5.74) is 1.03. The molecule has 96 valence electrons. The fourth-order valence-corrected chi connectivity index (χ4v) is 1.94. The zero-order valence-corrected chi connectivity index (χ0v) is 10.2. The third-order valence-corrected chi connectivity index (χ3v) is 2.95. The van der Waals surface area contributed by atoms with Crippen LogP contribution in [0.5, 0.6) is 0 Å². The average molecular weight is 249 g/mol. The molecule has 0 unspecified atom stereocenters. The van der Waals surface area contributed by atoms with Gasteiger partial charge >= 0.3 is 0 Å². The van der Waals surface area contributed by atoms with E-state index in [0.717, 1.165) is 39.4 Å². The SMILES string of the molecule is N#Cc1cc(F)ccc1NCCN1CCOCC1. The van der Waals surface area contributed by atoms with Crippen molar-refractivity contribution in [1.82, 2.24) is 4.90 Å². The molecule has 4 nitrogen and oxygen atoms in total. The molecule has 1 aliphatic rings. The minimum atomic E-state index is -0.384. The number of halogens is 1. The summed E-state index contributed by atoms with van der Waals surface area (Å²) in [5, 5.41) is 12.1. The van der Waals surface area contributed by atoms with Gasteiger partial charge in [-0.05, 0) is 18.2 Å². The Hall–Kier alpha value is -1.64. The lowest BCUT2D eigenvalue weighted by molar-refractivity contribution is 0.0398. The van der Waals surface area contributed by atoms with Gasteiger partial charge in [-0.2, -0.15) is 5.26 Å². The molecule has 0 saturated carbocycles. The first-order chi connectivity index (χ1) is 8.79. The van der Waals surface area contributed by atoms with Gasteiger partial charge < -0.3 is 10.1 Å². The van der Waals surface area contributed by atoms with Gasteiger partial charge in [0.15, 0.2) is 0 Å². The van der Waals surface area contributed by atoms with Gasteiger partial charge in [-0.15, -0.1) is 0 Å². The molecule has 1 aromatic rings. The zero-order chi connectivity index (χ0) is 12.8. The second kappa shape index (κ2) is 6.34. The molecule has 1 aromatic carbocycles. The summed E-state index contributed by atoms with van der Waals surface area (Å²) in [6, 6.07) is 6.20. The number of hydrogen-bond acceptors (Lipinski definition) is 4. The highest BCUT2D eigenvalue weighted by Gasteiger charge is 2.09. The zero-order valence-electron chi connectivity index (χ0n) is 10.2. The molecule has 2 rings (SSSR count). The summed E-state index contributed by atoms with van der Waals surface area (Å²) in [7, 11) is 0. The normalized spacial score (nSPS) is 16.2. The topological polar surface area (TPSA) is 48.3 Å². The van der Waals surface area contributed by atoms with Crippen LogP contribution >= 0.6 is 0 Å². The first kappa shape index (κ1) is 12.8. The molecule has 0 aliphatic carbocycles. The van der Waals surface area contributed by atoms with E-state index in [2.05, 4.69) is 10.2 Å². The summed E-state index contributed by atoms with van der Waals surface area (Å²) < 4.78 is 18.2. The number of morpholine rings is 1. The highest BCUT2D eigenvalue weighted by molar-refractivity contribution is 5.57. The van der Waals surface area contributed by atoms with E-state index in [9.17, 15) is 4.39 Å². The Morgan fingerprint density at radius 2 is 2.17 bits per heavy atom. The Kier molecular flexibility index (Phi) is 4.51. The van der Waals surface area contributed by atoms with Crippen LogP contribution in [0.1, 0.15) is 5.56 Å². The van der Waals surface area contributed by atoms with Crippen molar-refractivity contribution in [2.24, 2.45) is 0 Å². The number of ether oxygens (including phenoxy) is 1. The van der Waals surface area contributed by atoms with Crippen LogP contribution in [0.25, 0.3) is 0 Å². The van der Waals surface area contributed by atoms with E-state index in [1.807, 2.05) is 6.07 Å². The third kappa shape index (κ3) is 3.42. The van der Waals surface area contributed by atoms with Crippen LogP contribution in [0.15, 0.2) is 18.2 Å². The van der Waals surface area contributed by atoms with Crippen LogP contribution in [0.4, 0.5) is 10.1 Å². The van der Waals surface area contributed by atoms with Crippen molar-refractivity contribution in [3.63, 3.8) is 0 Å². The Labute approximate surface area is 106 Å². The third-order valence-electron chi connectivity index (χ3n) is 2.95. The maximum Gasteiger partial charge on any atom is 0.124 e. The minimum absolute atomic E-state index is 0.344. The van der Waals surface area contributed by atoms with E-state index < -0.39 is 0 Å².